The van der Waals surface area contributed by atoms with Crippen LogP contribution in [0, 0.1) is 6.92 Å². The number of hydrogen-bond acceptors (Lipinski definition) is 3. The zero-order chi connectivity index (χ0) is 17.0. The Labute approximate surface area is 148 Å². The van der Waals surface area contributed by atoms with E-state index in [1.807, 2.05) is 6.92 Å². The van der Waals surface area contributed by atoms with Crippen LogP contribution in [0.1, 0.15) is 15.9 Å². The van der Waals surface area contributed by atoms with Gasteiger partial charge in [0.2, 0.25) is 0 Å². The van der Waals surface area contributed by atoms with Crippen molar-refractivity contribution in [2.24, 2.45) is 0 Å². The summed E-state index contributed by atoms with van der Waals surface area (Å²) in [6.45, 7) is 1.39. The molecule has 0 radical (unpaired) electrons. The Morgan fingerprint density at radius 3 is 2.30 bits per heavy atom. The Morgan fingerprint density at radius 1 is 1.00 bits per heavy atom. The molecule has 2 rings (SSSR count). The lowest BCUT2D eigenvalue weighted by molar-refractivity contribution is -0.119. The highest BCUT2D eigenvalue weighted by atomic mass is 35.5. The monoisotopic (exact) mass is 371 g/mol. The molecule has 0 heterocycles. The third-order valence-electron chi connectivity index (χ3n) is 2.91. The van der Waals surface area contributed by atoms with Crippen LogP contribution in [0.25, 0.3) is 0 Å². The molecule has 120 valence electrons. The molecule has 1 N–H and O–H groups in total. The maximum atomic E-state index is 11.9. The SMILES string of the molecule is Cc1ccc(Cl)cc1NC(=O)COC(=O)c1cc(Cl)cc(Cl)c1. The van der Waals surface area contributed by atoms with Gasteiger partial charge >= 0.3 is 5.97 Å². The molecule has 1 amide bonds. The second-order valence-corrected chi connectivity index (χ2v) is 6.05. The smallest absolute Gasteiger partial charge is 0.338 e. The van der Waals surface area contributed by atoms with Crippen LogP contribution in [0.15, 0.2) is 36.4 Å². The Kier molecular flexibility index (Phi) is 5.88. The van der Waals surface area contributed by atoms with E-state index in [-0.39, 0.29) is 5.56 Å². The predicted octanol–water partition coefficient (Wildman–Crippen LogP) is 4.75. The molecule has 2 aromatic carbocycles. The van der Waals surface area contributed by atoms with E-state index in [0.29, 0.717) is 20.8 Å². The molecule has 2 aromatic rings. The summed E-state index contributed by atoms with van der Waals surface area (Å²) in [7, 11) is 0. The number of amides is 1. The van der Waals surface area contributed by atoms with Gasteiger partial charge in [-0.2, -0.15) is 0 Å². The highest BCUT2D eigenvalue weighted by Crippen LogP contribution is 2.21. The number of hydrogen-bond donors (Lipinski definition) is 1. The molecule has 0 aliphatic carbocycles. The molecule has 4 nitrogen and oxygen atoms in total. The number of nitrogens with one attached hydrogen (secondary N) is 1. The van der Waals surface area contributed by atoms with Gasteiger partial charge in [0.05, 0.1) is 5.56 Å². The van der Waals surface area contributed by atoms with E-state index < -0.39 is 18.5 Å². The maximum Gasteiger partial charge on any atom is 0.338 e. The van der Waals surface area contributed by atoms with E-state index in [1.165, 1.54) is 18.2 Å². The number of aryl methyl sites for hydroxylation is 1. The van der Waals surface area contributed by atoms with Gasteiger partial charge in [-0.25, -0.2) is 4.79 Å². The number of carbonyl (C=O) groups excluding carboxylic acids is 2. The summed E-state index contributed by atoms with van der Waals surface area (Å²) in [6.07, 6.45) is 0. The third kappa shape index (κ3) is 5.13. The summed E-state index contributed by atoms with van der Waals surface area (Å²) in [5.74, 6) is -1.16. The standard InChI is InChI=1S/C16H12Cl3NO3/c1-9-2-3-11(17)7-14(9)20-15(21)8-23-16(22)10-4-12(18)6-13(19)5-10/h2-7H,8H2,1H3,(H,20,21). The van der Waals surface area contributed by atoms with Gasteiger partial charge in [-0.1, -0.05) is 40.9 Å². The van der Waals surface area contributed by atoms with Crippen molar-refractivity contribution in [3.8, 4) is 0 Å². The summed E-state index contributed by atoms with van der Waals surface area (Å²) < 4.78 is 4.94. The quantitative estimate of drug-likeness (QED) is 0.788. The minimum absolute atomic E-state index is 0.175. The first-order chi connectivity index (χ1) is 10.8. The summed E-state index contributed by atoms with van der Waals surface area (Å²) >= 11 is 17.5. The molecule has 0 atom stereocenters. The molecule has 0 bridgehead atoms. The molecule has 0 saturated carbocycles. The topological polar surface area (TPSA) is 55.4 Å². The number of esters is 1. The van der Waals surface area contributed by atoms with E-state index in [4.69, 9.17) is 39.5 Å². The largest absolute Gasteiger partial charge is 0.452 e. The highest BCUT2D eigenvalue weighted by molar-refractivity contribution is 6.35. The molecular formula is C16H12Cl3NO3. The Morgan fingerprint density at radius 2 is 1.65 bits per heavy atom. The molecule has 0 aliphatic heterocycles. The fraction of sp³-hybridized carbons (Fsp3) is 0.125. The molecule has 0 saturated heterocycles. The van der Waals surface area contributed by atoms with Crippen molar-refractivity contribution in [2.75, 3.05) is 11.9 Å². The maximum absolute atomic E-state index is 11.9. The lowest BCUT2D eigenvalue weighted by atomic mass is 10.2. The van der Waals surface area contributed by atoms with E-state index in [2.05, 4.69) is 5.32 Å². The molecular weight excluding hydrogens is 361 g/mol. The fourth-order valence-corrected chi connectivity index (χ4v) is 2.50. The van der Waals surface area contributed by atoms with Crippen molar-refractivity contribution in [2.45, 2.75) is 6.92 Å². The Hall–Kier alpha value is -1.75. The van der Waals surface area contributed by atoms with Crippen LogP contribution < -0.4 is 5.32 Å². The lowest BCUT2D eigenvalue weighted by Gasteiger charge is -2.09. The van der Waals surface area contributed by atoms with Gasteiger partial charge in [-0.15, -0.1) is 0 Å². The molecule has 0 aliphatic rings. The van der Waals surface area contributed by atoms with Crippen molar-refractivity contribution in [3.63, 3.8) is 0 Å². The summed E-state index contributed by atoms with van der Waals surface area (Å²) in [6, 6.07) is 9.43. The van der Waals surface area contributed by atoms with Crippen LogP contribution >= 0.6 is 34.8 Å². The van der Waals surface area contributed by atoms with Crippen molar-refractivity contribution >= 4 is 52.4 Å². The van der Waals surface area contributed by atoms with E-state index in [0.717, 1.165) is 5.56 Å². The van der Waals surface area contributed by atoms with Crippen LogP contribution in [0.4, 0.5) is 5.69 Å². The minimum Gasteiger partial charge on any atom is -0.452 e. The van der Waals surface area contributed by atoms with Crippen molar-refractivity contribution in [3.05, 3.63) is 62.6 Å². The Bertz CT molecular complexity index is 742. The predicted molar refractivity (Wildman–Crippen MR) is 91.6 cm³/mol. The van der Waals surface area contributed by atoms with Crippen molar-refractivity contribution in [1.82, 2.24) is 0 Å². The van der Waals surface area contributed by atoms with Crippen LogP contribution in [0.5, 0.6) is 0 Å². The number of anilines is 1. The highest BCUT2D eigenvalue weighted by Gasteiger charge is 2.12. The van der Waals surface area contributed by atoms with Crippen LogP contribution in [-0.4, -0.2) is 18.5 Å². The average molecular weight is 373 g/mol. The van der Waals surface area contributed by atoms with Crippen molar-refractivity contribution < 1.29 is 14.3 Å². The van der Waals surface area contributed by atoms with Gasteiger partial charge < -0.3 is 10.1 Å². The van der Waals surface area contributed by atoms with E-state index in [9.17, 15) is 9.59 Å². The lowest BCUT2D eigenvalue weighted by Crippen LogP contribution is -2.21. The fourth-order valence-electron chi connectivity index (χ4n) is 1.80. The second kappa shape index (κ2) is 7.68. The summed E-state index contributed by atoms with van der Waals surface area (Å²) in [5, 5.41) is 3.74. The molecule has 23 heavy (non-hydrogen) atoms. The average Bonchev–Trinajstić information content (AvgIpc) is 2.47. The third-order valence-corrected chi connectivity index (χ3v) is 3.58. The van der Waals surface area contributed by atoms with Gasteiger partial charge in [-0.05, 0) is 42.8 Å². The van der Waals surface area contributed by atoms with Crippen LogP contribution in [0.3, 0.4) is 0 Å². The van der Waals surface area contributed by atoms with E-state index in [1.54, 1.807) is 18.2 Å². The summed E-state index contributed by atoms with van der Waals surface area (Å²) in [5.41, 5.74) is 1.58. The van der Waals surface area contributed by atoms with Crippen LogP contribution in [0.2, 0.25) is 15.1 Å². The summed E-state index contributed by atoms with van der Waals surface area (Å²) in [4.78, 5) is 23.7. The van der Waals surface area contributed by atoms with Gasteiger partial charge in [0.25, 0.3) is 5.91 Å². The van der Waals surface area contributed by atoms with Crippen LogP contribution in [-0.2, 0) is 9.53 Å². The number of ether oxygens (including phenoxy) is 1. The first kappa shape index (κ1) is 17.6. The number of benzene rings is 2. The van der Waals surface area contributed by atoms with E-state index >= 15 is 0 Å². The van der Waals surface area contributed by atoms with Gasteiger partial charge in [-0.3, -0.25) is 4.79 Å². The van der Waals surface area contributed by atoms with Crippen molar-refractivity contribution in [1.29, 1.82) is 0 Å². The zero-order valence-corrected chi connectivity index (χ0v) is 14.3. The number of carbonyl (C=O) groups is 2. The molecule has 0 fully saturated rings. The zero-order valence-electron chi connectivity index (χ0n) is 12.0. The first-order valence-electron chi connectivity index (χ1n) is 6.54. The molecule has 0 spiro atoms. The molecule has 0 unspecified atom stereocenters. The number of halogens is 3. The number of rotatable bonds is 4. The molecule has 7 heteroatoms. The second-order valence-electron chi connectivity index (χ2n) is 4.74. The Balaban J connectivity index is 1.96. The molecule has 0 aromatic heterocycles. The first-order valence-corrected chi connectivity index (χ1v) is 7.68. The van der Waals surface area contributed by atoms with Gasteiger partial charge in [0.1, 0.15) is 0 Å². The van der Waals surface area contributed by atoms with Gasteiger partial charge in [0.15, 0.2) is 6.61 Å². The normalized spacial score (nSPS) is 10.3. The minimum atomic E-state index is -0.688. The van der Waals surface area contributed by atoms with Gasteiger partial charge in [0, 0.05) is 20.8 Å².